The van der Waals surface area contributed by atoms with Gasteiger partial charge in [-0.05, 0) is 53.9 Å². The SMILES string of the molecule is O=S(=O)(CCc1ccccc1)Nc1ccc(NCc2ccncc2)cc1. The van der Waals surface area contributed by atoms with Gasteiger partial charge in [-0.25, -0.2) is 8.42 Å². The minimum atomic E-state index is -3.38. The molecule has 26 heavy (non-hydrogen) atoms. The molecule has 6 heteroatoms. The van der Waals surface area contributed by atoms with E-state index in [1.54, 1.807) is 24.5 Å². The van der Waals surface area contributed by atoms with Gasteiger partial charge >= 0.3 is 0 Å². The Balaban J connectivity index is 1.53. The summed E-state index contributed by atoms with van der Waals surface area (Å²) in [4.78, 5) is 3.99. The molecule has 1 heterocycles. The topological polar surface area (TPSA) is 71.1 Å². The fraction of sp³-hybridized carbons (Fsp3) is 0.150. The third-order valence-electron chi connectivity index (χ3n) is 3.91. The summed E-state index contributed by atoms with van der Waals surface area (Å²) in [5.74, 6) is 0.0546. The van der Waals surface area contributed by atoms with Crippen LogP contribution in [0.3, 0.4) is 0 Å². The van der Waals surface area contributed by atoms with E-state index in [0.29, 0.717) is 18.7 Å². The first-order valence-electron chi connectivity index (χ1n) is 8.38. The van der Waals surface area contributed by atoms with Gasteiger partial charge < -0.3 is 5.32 Å². The predicted molar refractivity (Wildman–Crippen MR) is 106 cm³/mol. The second kappa shape index (κ2) is 8.49. The van der Waals surface area contributed by atoms with E-state index in [0.717, 1.165) is 16.8 Å². The number of nitrogens with one attached hydrogen (secondary N) is 2. The van der Waals surface area contributed by atoms with E-state index in [1.807, 2.05) is 54.6 Å². The van der Waals surface area contributed by atoms with Crippen LogP contribution in [0.15, 0.2) is 79.1 Å². The number of pyridine rings is 1. The van der Waals surface area contributed by atoms with E-state index < -0.39 is 10.0 Å². The number of anilines is 2. The number of aromatic nitrogens is 1. The average molecular weight is 367 g/mol. The Labute approximate surface area is 154 Å². The highest BCUT2D eigenvalue weighted by atomic mass is 32.2. The van der Waals surface area contributed by atoms with Gasteiger partial charge in [0.25, 0.3) is 0 Å². The van der Waals surface area contributed by atoms with E-state index in [1.165, 1.54) is 0 Å². The molecule has 0 aliphatic heterocycles. The summed E-state index contributed by atoms with van der Waals surface area (Å²) in [6.07, 6.45) is 4.00. The van der Waals surface area contributed by atoms with Crippen molar-refractivity contribution in [3.8, 4) is 0 Å². The largest absolute Gasteiger partial charge is 0.381 e. The highest BCUT2D eigenvalue weighted by molar-refractivity contribution is 7.92. The molecule has 0 saturated carbocycles. The van der Waals surface area contributed by atoms with Crippen LogP contribution in [-0.2, 0) is 23.0 Å². The van der Waals surface area contributed by atoms with Crippen molar-refractivity contribution >= 4 is 21.4 Å². The van der Waals surface area contributed by atoms with Crippen LogP contribution in [0.2, 0.25) is 0 Å². The van der Waals surface area contributed by atoms with Gasteiger partial charge in [-0.2, -0.15) is 0 Å². The highest BCUT2D eigenvalue weighted by Gasteiger charge is 2.10. The number of rotatable bonds is 8. The molecule has 2 aromatic carbocycles. The number of sulfonamides is 1. The normalized spacial score (nSPS) is 11.1. The van der Waals surface area contributed by atoms with Crippen molar-refractivity contribution in [2.24, 2.45) is 0 Å². The Morgan fingerprint density at radius 3 is 2.12 bits per heavy atom. The lowest BCUT2D eigenvalue weighted by atomic mass is 10.2. The first-order valence-corrected chi connectivity index (χ1v) is 10.0. The molecule has 134 valence electrons. The second-order valence-electron chi connectivity index (χ2n) is 5.94. The van der Waals surface area contributed by atoms with Crippen molar-refractivity contribution in [2.75, 3.05) is 15.8 Å². The third-order valence-corrected chi connectivity index (χ3v) is 5.19. The van der Waals surface area contributed by atoms with E-state index in [-0.39, 0.29) is 5.75 Å². The van der Waals surface area contributed by atoms with Gasteiger partial charge in [0.05, 0.1) is 5.75 Å². The zero-order valence-corrected chi connectivity index (χ0v) is 15.1. The molecule has 1 aromatic heterocycles. The van der Waals surface area contributed by atoms with Crippen LogP contribution < -0.4 is 10.0 Å². The smallest absolute Gasteiger partial charge is 0.233 e. The molecule has 0 radical (unpaired) electrons. The van der Waals surface area contributed by atoms with Crippen LogP contribution in [0.5, 0.6) is 0 Å². The number of hydrogen-bond acceptors (Lipinski definition) is 4. The molecule has 0 aliphatic rings. The molecule has 0 atom stereocenters. The molecular formula is C20H21N3O2S. The molecule has 0 aliphatic carbocycles. The standard InChI is InChI=1S/C20H21N3O2S/c24-26(25,15-12-17-4-2-1-3-5-17)23-20-8-6-19(7-9-20)22-16-18-10-13-21-14-11-18/h1-11,13-14,22-23H,12,15-16H2. The van der Waals surface area contributed by atoms with Gasteiger partial charge in [-0.15, -0.1) is 0 Å². The van der Waals surface area contributed by atoms with Gasteiger partial charge in [0, 0.05) is 30.3 Å². The van der Waals surface area contributed by atoms with Crippen molar-refractivity contribution in [1.29, 1.82) is 0 Å². The molecule has 2 N–H and O–H groups in total. The minimum Gasteiger partial charge on any atom is -0.381 e. The Hall–Kier alpha value is -2.86. The predicted octanol–water partition coefficient (Wildman–Crippen LogP) is 3.68. The molecule has 3 aromatic rings. The number of aryl methyl sites for hydroxylation is 1. The number of hydrogen-bond donors (Lipinski definition) is 2. The van der Waals surface area contributed by atoms with Gasteiger partial charge in [-0.1, -0.05) is 30.3 Å². The van der Waals surface area contributed by atoms with Crippen LogP contribution in [0.1, 0.15) is 11.1 Å². The van der Waals surface area contributed by atoms with Crippen molar-refractivity contribution < 1.29 is 8.42 Å². The van der Waals surface area contributed by atoms with Crippen LogP contribution in [0.4, 0.5) is 11.4 Å². The minimum absolute atomic E-state index is 0.0546. The fourth-order valence-electron chi connectivity index (χ4n) is 2.49. The lowest BCUT2D eigenvalue weighted by molar-refractivity contribution is 0.600. The molecule has 5 nitrogen and oxygen atoms in total. The maximum atomic E-state index is 12.2. The van der Waals surface area contributed by atoms with E-state index in [4.69, 9.17) is 0 Å². The number of benzene rings is 2. The van der Waals surface area contributed by atoms with Crippen LogP contribution in [0, 0.1) is 0 Å². The molecule has 3 rings (SSSR count). The van der Waals surface area contributed by atoms with Gasteiger partial charge in [-0.3, -0.25) is 9.71 Å². The Morgan fingerprint density at radius 2 is 1.42 bits per heavy atom. The maximum absolute atomic E-state index is 12.2. The highest BCUT2D eigenvalue weighted by Crippen LogP contribution is 2.16. The lowest BCUT2D eigenvalue weighted by Crippen LogP contribution is -2.18. The van der Waals surface area contributed by atoms with E-state index >= 15 is 0 Å². The molecule has 0 amide bonds. The first kappa shape index (κ1) is 17.9. The first-order chi connectivity index (χ1) is 12.6. The summed E-state index contributed by atoms with van der Waals surface area (Å²) < 4.78 is 27.1. The zero-order chi connectivity index (χ0) is 18.2. The summed E-state index contributed by atoms with van der Waals surface area (Å²) >= 11 is 0. The molecule has 0 spiro atoms. The summed E-state index contributed by atoms with van der Waals surface area (Å²) in [7, 11) is -3.38. The van der Waals surface area contributed by atoms with E-state index in [2.05, 4.69) is 15.0 Å². The Kier molecular flexibility index (Phi) is 5.86. The summed E-state index contributed by atoms with van der Waals surface area (Å²) in [5.41, 5.74) is 3.63. The zero-order valence-electron chi connectivity index (χ0n) is 14.3. The fourth-order valence-corrected chi connectivity index (χ4v) is 3.59. The van der Waals surface area contributed by atoms with Gasteiger partial charge in [0.15, 0.2) is 0 Å². The Morgan fingerprint density at radius 1 is 0.769 bits per heavy atom. The molecule has 0 saturated heterocycles. The van der Waals surface area contributed by atoms with Crippen molar-refractivity contribution in [1.82, 2.24) is 4.98 Å². The third kappa shape index (κ3) is 5.60. The van der Waals surface area contributed by atoms with Crippen LogP contribution in [-0.4, -0.2) is 19.2 Å². The van der Waals surface area contributed by atoms with Gasteiger partial charge in [0.2, 0.25) is 10.0 Å². The molecule has 0 unspecified atom stereocenters. The van der Waals surface area contributed by atoms with Crippen molar-refractivity contribution in [3.05, 3.63) is 90.3 Å². The van der Waals surface area contributed by atoms with Crippen LogP contribution >= 0.6 is 0 Å². The summed E-state index contributed by atoms with van der Waals surface area (Å²) in [6, 6.07) is 20.7. The van der Waals surface area contributed by atoms with Crippen molar-refractivity contribution in [3.63, 3.8) is 0 Å². The average Bonchev–Trinajstić information content (AvgIpc) is 2.67. The Bertz CT molecular complexity index is 912. The summed E-state index contributed by atoms with van der Waals surface area (Å²) in [5, 5.41) is 3.29. The molecule has 0 bridgehead atoms. The molecule has 0 fully saturated rings. The van der Waals surface area contributed by atoms with E-state index in [9.17, 15) is 8.42 Å². The summed E-state index contributed by atoms with van der Waals surface area (Å²) in [6.45, 7) is 0.685. The molecular weight excluding hydrogens is 346 g/mol. The lowest BCUT2D eigenvalue weighted by Gasteiger charge is -2.10. The van der Waals surface area contributed by atoms with Crippen LogP contribution in [0.25, 0.3) is 0 Å². The monoisotopic (exact) mass is 367 g/mol. The number of nitrogens with zero attached hydrogens (tertiary/aromatic N) is 1. The maximum Gasteiger partial charge on any atom is 0.233 e. The van der Waals surface area contributed by atoms with Gasteiger partial charge in [0.1, 0.15) is 0 Å². The quantitative estimate of drug-likeness (QED) is 0.637. The van der Waals surface area contributed by atoms with Crippen molar-refractivity contribution in [2.45, 2.75) is 13.0 Å². The second-order valence-corrected chi connectivity index (χ2v) is 7.78.